The number of carbonyl (C=O) groups excluding carboxylic acids is 3. The molecule has 0 aromatic heterocycles. The summed E-state index contributed by atoms with van der Waals surface area (Å²) in [6, 6.07) is 0. The van der Waals surface area contributed by atoms with Crippen LogP contribution in [0, 0.1) is 11.8 Å². The molecule has 0 aromatic rings. The van der Waals surface area contributed by atoms with Gasteiger partial charge in [-0.05, 0) is 12.8 Å². The van der Waals surface area contributed by atoms with Crippen LogP contribution in [0.4, 0.5) is 4.39 Å². The highest BCUT2D eigenvalue weighted by Gasteiger charge is 2.67. The molecule has 0 aromatic carbocycles. The second-order valence-electron chi connectivity index (χ2n) is 7.64. The Kier molecular flexibility index (Phi) is 4.25. The highest BCUT2D eigenvalue weighted by molar-refractivity contribution is 5.93. The van der Waals surface area contributed by atoms with Crippen molar-refractivity contribution in [1.82, 2.24) is 15.1 Å². The molecule has 26 heavy (non-hydrogen) atoms. The Balaban J connectivity index is 1.48. The lowest BCUT2D eigenvalue weighted by atomic mass is 9.76. The number of halogens is 1. The fourth-order valence-corrected chi connectivity index (χ4v) is 4.70. The predicted octanol–water partition coefficient (Wildman–Crippen LogP) is -0.135. The third-order valence-corrected chi connectivity index (χ3v) is 5.96. The van der Waals surface area contributed by atoms with E-state index in [0.717, 1.165) is 0 Å². The lowest BCUT2D eigenvalue weighted by Gasteiger charge is -2.33. The smallest absolute Gasteiger partial charge is 0.230 e. The molecule has 1 spiro atoms. The molecule has 4 rings (SSSR count). The number of ether oxygens (including phenoxy) is 1. The summed E-state index contributed by atoms with van der Waals surface area (Å²) in [6.07, 6.45) is 3.27. The molecular weight excluding hydrogens is 341 g/mol. The summed E-state index contributed by atoms with van der Waals surface area (Å²) in [6.45, 7) is 3.40. The molecule has 4 aliphatic heterocycles. The Labute approximate surface area is 151 Å². The van der Waals surface area contributed by atoms with Gasteiger partial charge in [-0.15, -0.1) is 0 Å². The van der Waals surface area contributed by atoms with E-state index in [-0.39, 0.29) is 23.8 Å². The van der Waals surface area contributed by atoms with Gasteiger partial charge in [0.05, 0.1) is 24.5 Å². The molecular formula is C18H24FN3O4. The summed E-state index contributed by atoms with van der Waals surface area (Å²) in [4.78, 5) is 40.4. The Morgan fingerprint density at radius 2 is 2.12 bits per heavy atom. The zero-order valence-electron chi connectivity index (χ0n) is 14.8. The van der Waals surface area contributed by atoms with Crippen LogP contribution in [0.3, 0.4) is 0 Å². The minimum Gasteiger partial charge on any atom is -0.360 e. The normalized spacial score (nSPS) is 35.9. The van der Waals surface area contributed by atoms with Gasteiger partial charge in [0.2, 0.25) is 17.7 Å². The first-order valence-electron chi connectivity index (χ1n) is 9.24. The van der Waals surface area contributed by atoms with E-state index in [1.807, 2.05) is 12.2 Å². The number of nitrogens with zero attached hydrogens (tertiary/aromatic N) is 2. The van der Waals surface area contributed by atoms with Crippen LogP contribution in [0.5, 0.6) is 0 Å². The standard InChI is InChI=1S/C18H24FN3O4/c1-11(23)20-6-9-22-10-18-5-2-13(26-18)14(15(18)17(22)25)16(24)21-7-3-12(19)4-8-21/h2,5,12-15H,3-4,6-10H2,1H3,(H,20,23)/t13-,14+,15-,18-/m0/s1. The maximum absolute atomic E-state index is 13.4. The lowest BCUT2D eigenvalue weighted by molar-refractivity contribution is -0.144. The molecule has 2 bridgehead atoms. The molecule has 3 amide bonds. The fraction of sp³-hybridized carbons (Fsp3) is 0.722. The molecule has 7 nitrogen and oxygen atoms in total. The molecule has 0 saturated carbocycles. The molecule has 4 aliphatic rings. The van der Waals surface area contributed by atoms with Crippen molar-refractivity contribution in [3.63, 3.8) is 0 Å². The Bertz CT molecular complexity index is 661. The average Bonchev–Trinajstić information content (AvgIpc) is 3.23. The lowest BCUT2D eigenvalue weighted by Crippen LogP contribution is -2.48. The first-order valence-corrected chi connectivity index (χ1v) is 9.24. The molecule has 8 heteroatoms. The molecule has 3 fully saturated rings. The van der Waals surface area contributed by atoms with E-state index in [2.05, 4.69) is 5.32 Å². The van der Waals surface area contributed by atoms with E-state index in [1.54, 1.807) is 9.80 Å². The average molecular weight is 365 g/mol. The summed E-state index contributed by atoms with van der Waals surface area (Å²) in [7, 11) is 0. The third kappa shape index (κ3) is 2.71. The van der Waals surface area contributed by atoms with Crippen molar-refractivity contribution in [2.24, 2.45) is 11.8 Å². The minimum absolute atomic E-state index is 0.0964. The molecule has 1 N–H and O–H groups in total. The van der Waals surface area contributed by atoms with E-state index < -0.39 is 23.6 Å². The molecule has 142 valence electrons. The zero-order valence-corrected chi connectivity index (χ0v) is 14.8. The summed E-state index contributed by atoms with van der Waals surface area (Å²) in [5.74, 6) is -1.40. The number of amides is 3. The number of likely N-dealkylation sites (tertiary alicyclic amines) is 2. The van der Waals surface area contributed by atoms with Crippen LogP contribution in [0.2, 0.25) is 0 Å². The second-order valence-corrected chi connectivity index (χ2v) is 7.64. The van der Waals surface area contributed by atoms with Gasteiger partial charge in [-0.2, -0.15) is 0 Å². The summed E-state index contributed by atoms with van der Waals surface area (Å²) >= 11 is 0. The Morgan fingerprint density at radius 1 is 1.38 bits per heavy atom. The number of piperidine rings is 1. The van der Waals surface area contributed by atoms with Crippen molar-refractivity contribution in [3.8, 4) is 0 Å². The van der Waals surface area contributed by atoms with Gasteiger partial charge in [0, 0.05) is 33.1 Å². The van der Waals surface area contributed by atoms with Crippen molar-refractivity contribution >= 4 is 17.7 Å². The van der Waals surface area contributed by atoms with Crippen molar-refractivity contribution in [2.45, 2.75) is 37.6 Å². The summed E-state index contributed by atoms with van der Waals surface area (Å²) in [5, 5.41) is 2.69. The first kappa shape index (κ1) is 17.5. The van der Waals surface area contributed by atoms with Crippen molar-refractivity contribution < 1.29 is 23.5 Å². The number of carbonyl (C=O) groups is 3. The van der Waals surface area contributed by atoms with Gasteiger partial charge >= 0.3 is 0 Å². The van der Waals surface area contributed by atoms with Gasteiger partial charge in [-0.25, -0.2) is 4.39 Å². The van der Waals surface area contributed by atoms with Crippen molar-refractivity contribution in [1.29, 1.82) is 0 Å². The topological polar surface area (TPSA) is 79.0 Å². The third-order valence-electron chi connectivity index (χ3n) is 5.96. The van der Waals surface area contributed by atoms with Gasteiger partial charge in [-0.3, -0.25) is 14.4 Å². The van der Waals surface area contributed by atoms with E-state index >= 15 is 0 Å². The van der Waals surface area contributed by atoms with Crippen LogP contribution in [-0.2, 0) is 19.1 Å². The van der Waals surface area contributed by atoms with E-state index in [4.69, 9.17) is 4.74 Å². The van der Waals surface area contributed by atoms with Gasteiger partial charge in [0.25, 0.3) is 0 Å². The van der Waals surface area contributed by atoms with E-state index in [9.17, 15) is 18.8 Å². The van der Waals surface area contributed by atoms with Crippen LogP contribution in [0.15, 0.2) is 12.2 Å². The molecule has 4 heterocycles. The number of alkyl halides is 1. The van der Waals surface area contributed by atoms with Gasteiger partial charge in [0.1, 0.15) is 11.8 Å². The molecule has 0 unspecified atom stereocenters. The van der Waals surface area contributed by atoms with Crippen molar-refractivity contribution in [2.75, 3.05) is 32.7 Å². The number of hydrogen-bond acceptors (Lipinski definition) is 4. The van der Waals surface area contributed by atoms with Crippen molar-refractivity contribution in [3.05, 3.63) is 12.2 Å². The second kappa shape index (κ2) is 6.33. The molecule has 4 atom stereocenters. The molecule has 0 aliphatic carbocycles. The fourth-order valence-electron chi connectivity index (χ4n) is 4.70. The summed E-state index contributed by atoms with van der Waals surface area (Å²) in [5.41, 5.74) is -0.739. The SMILES string of the molecule is CC(=O)NCCN1C[C@]23C=C[C@H](O2)[C@@H](C(=O)N2CCC(F)CC2)[C@H]3C1=O. The maximum Gasteiger partial charge on any atom is 0.230 e. The van der Waals surface area contributed by atoms with Gasteiger partial charge in [0.15, 0.2) is 0 Å². The number of hydrogen-bond donors (Lipinski definition) is 1. The number of fused-ring (bicyclic) bond motifs is 1. The minimum atomic E-state index is -0.848. The monoisotopic (exact) mass is 365 g/mol. The zero-order chi connectivity index (χ0) is 18.5. The van der Waals surface area contributed by atoms with Crippen LogP contribution in [-0.4, -0.2) is 78.1 Å². The molecule has 0 radical (unpaired) electrons. The van der Waals surface area contributed by atoms with Crippen LogP contribution >= 0.6 is 0 Å². The van der Waals surface area contributed by atoms with Crippen LogP contribution in [0.25, 0.3) is 0 Å². The number of nitrogens with one attached hydrogen (secondary N) is 1. The van der Waals surface area contributed by atoms with E-state index in [1.165, 1.54) is 6.92 Å². The van der Waals surface area contributed by atoms with Crippen LogP contribution < -0.4 is 5.32 Å². The predicted molar refractivity (Wildman–Crippen MR) is 89.7 cm³/mol. The van der Waals surface area contributed by atoms with Crippen LogP contribution in [0.1, 0.15) is 19.8 Å². The maximum atomic E-state index is 13.4. The molecule has 3 saturated heterocycles. The van der Waals surface area contributed by atoms with Gasteiger partial charge in [-0.1, -0.05) is 12.2 Å². The first-order chi connectivity index (χ1) is 12.4. The van der Waals surface area contributed by atoms with Gasteiger partial charge < -0.3 is 19.9 Å². The number of rotatable bonds is 4. The quantitative estimate of drug-likeness (QED) is 0.704. The highest BCUT2D eigenvalue weighted by atomic mass is 19.1. The van der Waals surface area contributed by atoms with E-state index in [0.29, 0.717) is 45.6 Å². The highest BCUT2D eigenvalue weighted by Crippen LogP contribution is 2.52. The largest absolute Gasteiger partial charge is 0.360 e. The Hall–Kier alpha value is -1.96. The summed E-state index contributed by atoms with van der Waals surface area (Å²) < 4.78 is 19.5. The Morgan fingerprint density at radius 3 is 2.81 bits per heavy atom.